The van der Waals surface area contributed by atoms with Gasteiger partial charge in [0.2, 0.25) is 5.91 Å². The number of carbonyl (C=O) groups excluding carboxylic acids is 2. The van der Waals surface area contributed by atoms with Crippen LogP contribution in [0.15, 0.2) is 24.8 Å². The summed E-state index contributed by atoms with van der Waals surface area (Å²) >= 11 is 0. The Morgan fingerprint density at radius 2 is 1.95 bits per heavy atom. The van der Waals surface area contributed by atoms with Crippen molar-refractivity contribution in [3.05, 3.63) is 30.4 Å². The number of alkyl halides is 3. The first-order chi connectivity index (χ1) is 17.4. The van der Waals surface area contributed by atoms with E-state index < -0.39 is 30.1 Å². The van der Waals surface area contributed by atoms with E-state index in [9.17, 15) is 22.8 Å². The van der Waals surface area contributed by atoms with Crippen LogP contribution in [0.2, 0.25) is 0 Å². The van der Waals surface area contributed by atoms with Crippen molar-refractivity contribution in [3.63, 3.8) is 0 Å². The molecule has 0 aliphatic carbocycles. The summed E-state index contributed by atoms with van der Waals surface area (Å²) in [6.07, 6.45) is 2.02. The number of aromatic nitrogens is 5. The first-order valence-corrected chi connectivity index (χ1v) is 11.8. The number of piperidine rings is 1. The van der Waals surface area contributed by atoms with Gasteiger partial charge in [-0.3, -0.25) is 14.3 Å². The molecule has 0 spiro atoms. The van der Waals surface area contributed by atoms with E-state index in [0.717, 1.165) is 4.68 Å². The van der Waals surface area contributed by atoms with E-state index >= 15 is 0 Å². The predicted molar refractivity (Wildman–Crippen MR) is 127 cm³/mol. The molecule has 1 aliphatic heterocycles. The zero-order valence-electron chi connectivity index (χ0n) is 20.6. The molecule has 3 aromatic rings. The van der Waals surface area contributed by atoms with Crippen LogP contribution in [0.5, 0.6) is 0 Å². The molecule has 4 heterocycles. The van der Waals surface area contributed by atoms with Gasteiger partial charge in [-0.15, -0.1) is 0 Å². The molecular formula is C24H27F3N8O2. The highest BCUT2D eigenvalue weighted by molar-refractivity contribution is 6.06. The quantitative estimate of drug-likeness (QED) is 0.535. The van der Waals surface area contributed by atoms with E-state index in [1.807, 2.05) is 20.8 Å². The molecule has 1 saturated heterocycles. The first-order valence-electron chi connectivity index (χ1n) is 11.8. The average molecular weight is 517 g/mol. The van der Waals surface area contributed by atoms with E-state index in [4.69, 9.17) is 5.26 Å². The Kier molecular flexibility index (Phi) is 6.94. The Hall–Kier alpha value is -3.95. The van der Waals surface area contributed by atoms with Gasteiger partial charge in [-0.2, -0.15) is 23.5 Å². The van der Waals surface area contributed by atoms with Gasteiger partial charge < -0.3 is 15.2 Å². The fraction of sp³-hybridized carbons (Fsp3) is 0.500. The lowest BCUT2D eigenvalue weighted by Crippen LogP contribution is -2.56. The summed E-state index contributed by atoms with van der Waals surface area (Å²) in [5, 5.41) is 15.7. The number of fused-ring (bicyclic) bond motifs is 1. The number of nitrogens with one attached hydrogen (secondary N) is 2. The van der Waals surface area contributed by atoms with Gasteiger partial charge in [-0.25, -0.2) is 9.97 Å². The molecule has 4 rings (SSSR count). The van der Waals surface area contributed by atoms with Gasteiger partial charge >= 0.3 is 6.18 Å². The Bertz CT molecular complexity index is 1340. The maximum atomic E-state index is 13.4. The third kappa shape index (κ3) is 5.90. The third-order valence-corrected chi connectivity index (χ3v) is 6.27. The molecule has 13 heteroatoms. The molecule has 1 unspecified atom stereocenters. The third-order valence-electron chi connectivity index (χ3n) is 6.27. The number of hydrogen-bond acceptors (Lipinski definition) is 6. The zero-order valence-corrected chi connectivity index (χ0v) is 20.6. The lowest BCUT2D eigenvalue weighted by Gasteiger charge is -2.37. The topological polar surface area (TPSA) is 133 Å². The second-order valence-electron chi connectivity index (χ2n) is 10.2. The number of halogens is 3. The van der Waals surface area contributed by atoms with Crippen LogP contribution in [0.1, 0.15) is 44.0 Å². The molecular weight excluding hydrogens is 489 g/mol. The van der Waals surface area contributed by atoms with Gasteiger partial charge in [0.15, 0.2) is 5.65 Å². The van der Waals surface area contributed by atoms with Crippen molar-refractivity contribution in [1.29, 1.82) is 5.26 Å². The minimum Gasteiger partial charge on any atom is -0.344 e. The van der Waals surface area contributed by atoms with Crippen LogP contribution >= 0.6 is 0 Å². The highest BCUT2D eigenvalue weighted by Gasteiger charge is 2.37. The van der Waals surface area contributed by atoms with Gasteiger partial charge in [-0.05, 0) is 18.3 Å². The summed E-state index contributed by atoms with van der Waals surface area (Å²) in [6, 6.07) is 1.41. The van der Waals surface area contributed by atoms with Gasteiger partial charge in [0.05, 0.1) is 29.7 Å². The van der Waals surface area contributed by atoms with Gasteiger partial charge in [0.1, 0.15) is 18.1 Å². The van der Waals surface area contributed by atoms with Crippen LogP contribution in [0.4, 0.5) is 13.2 Å². The zero-order chi connectivity index (χ0) is 27.0. The fourth-order valence-corrected chi connectivity index (χ4v) is 4.24. The van der Waals surface area contributed by atoms with E-state index in [1.54, 1.807) is 4.90 Å². The van der Waals surface area contributed by atoms with Crippen molar-refractivity contribution in [3.8, 4) is 17.3 Å². The average Bonchev–Trinajstić information content (AvgIpc) is 3.46. The van der Waals surface area contributed by atoms with E-state index in [0.29, 0.717) is 37.1 Å². The number of rotatable bonds is 5. The molecule has 1 aliphatic rings. The van der Waals surface area contributed by atoms with Crippen LogP contribution in [0, 0.1) is 22.7 Å². The van der Waals surface area contributed by atoms with Crippen LogP contribution < -0.4 is 5.32 Å². The summed E-state index contributed by atoms with van der Waals surface area (Å²) in [6.45, 7) is 5.21. The minimum atomic E-state index is -4.42. The molecule has 3 aromatic heterocycles. The van der Waals surface area contributed by atoms with Gasteiger partial charge in [0, 0.05) is 37.0 Å². The molecule has 1 fully saturated rings. The van der Waals surface area contributed by atoms with E-state index in [-0.39, 0.29) is 28.6 Å². The Morgan fingerprint density at radius 3 is 2.57 bits per heavy atom. The van der Waals surface area contributed by atoms with Crippen molar-refractivity contribution in [2.24, 2.45) is 11.3 Å². The van der Waals surface area contributed by atoms with Crippen molar-refractivity contribution < 1.29 is 22.8 Å². The van der Waals surface area contributed by atoms with Crippen LogP contribution in [0.25, 0.3) is 22.4 Å². The van der Waals surface area contributed by atoms with E-state index in [2.05, 4.69) is 31.4 Å². The Morgan fingerprint density at radius 1 is 1.24 bits per heavy atom. The van der Waals surface area contributed by atoms with Crippen LogP contribution in [-0.2, 0) is 11.3 Å². The molecule has 37 heavy (non-hydrogen) atoms. The van der Waals surface area contributed by atoms with Crippen molar-refractivity contribution in [1.82, 2.24) is 34.9 Å². The van der Waals surface area contributed by atoms with Crippen molar-refractivity contribution >= 4 is 23.0 Å². The summed E-state index contributed by atoms with van der Waals surface area (Å²) < 4.78 is 38.8. The van der Waals surface area contributed by atoms with Gasteiger partial charge in [-0.1, -0.05) is 20.8 Å². The van der Waals surface area contributed by atoms with Crippen molar-refractivity contribution in [2.45, 2.75) is 52.4 Å². The maximum absolute atomic E-state index is 13.4. The monoisotopic (exact) mass is 516 g/mol. The fourth-order valence-electron chi connectivity index (χ4n) is 4.24. The molecule has 2 N–H and O–H groups in total. The summed E-state index contributed by atoms with van der Waals surface area (Å²) in [5.74, 6) is -0.835. The number of amides is 2. The second-order valence-corrected chi connectivity index (χ2v) is 10.2. The highest BCUT2D eigenvalue weighted by atomic mass is 19.4. The normalized spacial score (nSPS) is 16.0. The standard InChI is InChI=1S/C24H27F3N8O2/c1-23(2,3)19(22(37)34-6-4-14(8-28)5-7-34)33-21(36)16-10-29-20-18(16)32-17(11-30-20)15-9-31-35(12-15)13-24(25,26)27/h9-12,14,19H,4-7,13H2,1-3H3,(H,29,30)(H,33,36). The summed E-state index contributed by atoms with van der Waals surface area (Å²) in [7, 11) is 0. The number of aromatic amines is 1. The Balaban J connectivity index is 1.56. The number of likely N-dealkylation sites (tertiary alicyclic amines) is 1. The highest BCUT2D eigenvalue weighted by Crippen LogP contribution is 2.26. The van der Waals surface area contributed by atoms with Crippen LogP contribution in [0.3, 0.4) is 0 Å². The molecule has 2 amide bonds. The number of hydrogen-bond donors (Lipinski definition) is 2. The number of nitrogens with zero attached hydrogens (tertiary/aromatic N) is 6. The van der Waals surface area contributed by atoms with E-state index in [1.165, 1.54) is 24.8 Å². The molecule has 0 bridgehead atoms. The molecule has 0 saturated carbocycles. The summed E-state index contributed by atoms with van der Waals surface area (Å²) in [4.78, 5) is 39.9. The van der Waals surface area contributed by atoms with Crippen molar-refractivity contribution in [2.75, 3.05) is 13.1 Å². The minimum absolute atomic E-state index is 0.0775. The molecule has 0 aromatic carbocycles. The second kappa shape index (κ2) is 9.84. The van der Waals surface area contributed by atoms with Crippen LogP contribution in [-0.4, -0.2) is 66.8 Å². The lowest BCUT2D eigenvalue weighted by molar-refractivity contribution is -0.142. The largest absolute Gasteiger partial charge is 0.408 e. The Labute approximate surface area is 210 Å². The molecule has 10 nitrogen and oxygen atoms in total. The molecule has 196 valence electrons. The van der Waals surface area contributed by atoms with Gasteiger partial charge in [0.25, 0.3) is 5.91 Å². The SMILES string of the molecule is CC(C)(C)C(NC(=O)c1c[nH]c2ncc(-c3cnn(CC(F)(F)F)c3)nc12)C(=O)N1CCC(C#N)CC1. The smallest absolute Gasteiger partial charge is 0.344 e. The maximum Gasteiger partial charge on any atom is 0.408 e. The summed E-state index contributed by atoms with van der Waals surface area (Å²) in [5.41, 5.74) is 0.641. The number of H-pyrrole nitrogens is 1. The predicted octanol–water partition coefficient (Wildman–Crippen LogP) is 3.29. The molecule has 0 radical (unpaired) electrons. The number of carbonyl (C=O) groups is 2. The molecule has 1 atom stereocenters. The lowest BCUT2D eigenvalue weighted by atomic mass is 9.85. The first kappa shape index (κ1) is 26.1. The number of nitriles is 1.